The minimum atomic E-state index is 0.0275. The van der Waals surface area contributed by atoms with Crippen molar-refractivity contribution in [2.75, 3.05) is 6.61 Å². The first-order valence-electron chi connectivity index (χ1n) is 5.03. The van der Waals surface area contributed by atoms with Gasteiger partial charge in [-0.25, -0.2) is 0 Å². The largest absolute Gasteiger partial charge is 0.353 e. The van der Waals surface area contributed by atoms with Crippen molar-refractivity contribution in [2.24, 2.45) is 11.8 Å². The van der Waals surface area contributed by atoms with E-state index in [1.54, 1.807) is 0 Å². The van der Waals surface area contributed by atoms with Gasteiger partial charge in [0, 0.05) is 5.92 Å². The molecule has 12 heavy (non-hydrogen) atoms. The third-order valence-electron chi connectivity index (χ3n) is 3.09. The minimum Gasteiger partial charge on any atom is -0.353 e. The van der Waals surface area contributed by atoms with Crippen LogP contribution in [0.15, 0.2) is 0 Å². The number of fused-ring (bicyclic) bond motifs is 1. The van der Waals surface area contributed by atoms with E-state index in [2.05, 4.69) is 6.92 Å². The molecule has 0 aromatic heterocycles. The molecule has 1 aliphatic carbocycles. The van der Waals surface area contributed by atoms with Crippen molar-refractivity contribution in [1.29, 1.82) is 0 Å². The van der Waals surface area contributed by atoms with Crippen molar-refractivity contribution in [3.63, 3.8) is 0 Å². The van der Waals surface area contributed by atoms with Crippen molar-refractivity contribution >= 4 is 0 Å². The average Bonchev–Trinajstić information content (AvgIpc) is 2.05. The Hall–Kier alpha value is -0.0800. The van der Waals surface area contributed by atoms with E-state index in [0.717, 1.165) is 12.5 Å². The molecule has 2 aliphatic rings. The summed E-state index contributed by atoms with van der Waals surface area (Å²) in [7, 11) is 0. The number of rotatable bonds is 0. The number of hydrogen-bond acceptors (Lipinski definition) is 2. The highest BCUT2D eigenvalue weighted by Crippen LogP contribution is 2.34. The quantitative estimate of drug-likeness (QED) is 0.555. The van der Waals surface area contributed by atoms with Crippen molar-refractivity contribution in [2.45, 2.75) is 45.5 Å². The molecule has 1 saturated heterocycles. The molecule has 1 heterocycles. The highest BCUT2D eigenvalue weighted by Gasteiger charge is 2.34. The lowest BCUT2D eigenvalue weighted by atomic mass is 9.80. The van der Waals surface area contributed by atoms with Crippen molar-refractivity contribution in [1.82, 2.24) is 0 Å². The normalized spacial score (nSPS) is 48.5. The fourth-order valence-corrected chi connectivity index (χ4v) is 2.37. The highest BCUT2D eigenvalue weighted by molar-refractivity contribution is 4.81. The molecule has 0 spiro atoms. The first-order valence-corrected chi connectivity index (χ1v) is 5.03. The maximum atomic E-state index is 5.72. The Kier molecular flexibility index (Phi) is 2.37. The Balaban J connectivity index is 1.94. The van der Waals surface area contributed by atoms with Crippen LogP contribution >= 0.6 is 0 Å². The summed E-state index contributed by atoms with van der Waals surface area (Å²) in [5.41, 5.74) is 0. The van der Waals surface area contributed by atoms with Crippen LogP contribution in [0.3, 0.4) is 0 Å². The summed E-state index contributed by atoms with van der Waals surface area (Å²) < 4.78 is 11.2. The molecule has 4 unspecified atom stereocenters. The maximum absolute atomic E-state index is 5.72. The zero-order valence-corrected chi connectivity index (χ0v) is 7.95. The molecule has 2 heteroatoms. The van der Waals surface area contributed by atoms with Crippen LogP contribution in [0.4, 0.5) is 0 Å². The van der Waals surface area contributed by atoms with Gasteiger partial charge in [0.05, 0.1) is 12.7 Å². The van der Waals surface area contributed by atoms with Crippen LogP contribution in [0.25, 0.3) is 0 Å². The Morgan fingerprint density at radius 2 is 2.00 bits per heavy atom. The van der Waals surface area contributed by atoms with E-state index >= 15 is 0 Å². The monoisotopic (exact) mass is 170 g/mol. The van der Waals surface area contributed by atoms with Gasteiger partial charge in [-0.3, -0.25) is 0 Å². The van der Waals surface area contributed by atoms with E-state index < -0.39 is 0 Å². The van der Waals surface area contributed by atoms with Crippen LogP contribution in [-0.4, -0.2) is 19.0 Å². The number of ether oxygens (including phenoxy) is 2. The van der Waals surface area contributed by atoms with Gasteiger partial charge < -0.3 is 9.47 Å². The molecule has 2 nitrogen and oxygen atoms in total. The van der Waals surface area contributed by atoms with Gasteiger partial charge in [-0.2, -0.15) is 0 Å². The fourth-order valence-electron chi connectivity index (χ4n) is 2.37. The molecule has 0 aromatic rings. The van der Waals surface area contributed by atoms with Crippen LogP contribution in [0.5, 0.6) is 0 Å². The predicted molar refractivity (Wildman–Crippen MR) is 46.8 cm³/mol. The molecule has 2 fully saturated rings. The summed E-state index contributed by atoms with van der Waals surface area (Å²) >= 11 is 0. The van der Waals surface area contributed by atoms with Gasteiger partial charge in [0.15, 0.2) is 6.29 Å². The Morgan fingerprint density at radius 3 is 2.83 bits per heavy atom. The summed E-state index contributed by atoms with van der Waals surface area (Å²) in [4.78, 5) is 0. The fraction of sp³-hybridized carbons (Fsp3) is 1.00. The molecule has 2 rings (SSSR count). The lowest BCUT2D eigenvalue weighted by Crippen LogP contribution is -2.42. The van der Waals surface area contributed by atoms with Gasteiger partial charge in [0.1, 0.15) is 0 Å². The van der Waals surface area contributed by atoms with Gasteiger partial charge in [0.2, 0.25) is 0 Å². The van der Waals surface area contributed by atoms with Crippen molar-refractivity contribution < 1.29 is 9.47 Å². The molecular formula is C10H18O2. The molecule has 4 atom stereocenters. The predicted octanol–water partition coefficient (Wildman–Crippen LogP) is 2.18. The maximum Gasteiger partial charge on any atom is 0.155 e. The third kappa shape index (κ3) is 1.64. The average molecular weight is 170 g/mol. The lowest BCUT2D eigenvalue weighted by Gasteiger charge is -2.40. The Bertz CT molecular complexity index is 140. The number of hydrogen-bond donors (Lipinski definition) is 0. The molecule has 0 N–H and O–H groups in total. The second kappa shape index (κ2) is 3.35. The smallest absolute Gasteiger partial charge is 0.155 e. The van der Waals surface area contributed by atoms with Crippen LogP contribution in [-0.2, 0) is 9.47 Å². The van der Waals surface area contributed by atoms with E-state index in [4.69, 9.17) is 9.47 Å². The summed E-state index contributed by atoms with van der Waals surface area (Å²) in [5, 5.41) is 0. The molecule has 0 amide bonds. The molecule has 70 valence electrons. The summed E-state index contributed by atoms with van der Waals surface area (Å²) in [6.45, 7) is 5.23. The Morgan fingerprint density at radius 1 is 1.17 bits per heavy atom. The standard InChI is InChI=1S/C10H18O2/c1-7-3-4-10-9(5-7)6-11-8(2)12-10/h7-10H,3-6H2,1-2H3. The van der Waals surface area contributed by atoms with E-state index in [-0.39, 0.29) is 6.29 Å². The van der Waals surface area contributed by atoms with Crippen LogP contribution < -0.4 is 0 Å². The van der Waals surface area contributed by atoms with Gasteiger partial charge in [0.25, 0.3) is 0 Å². The molecule has 0 bridgehead atoms. The van der Waals surface area contributed by atoms with Gasteiger partial charge in [-0.15, -0.1) is 0 Å². The van der Waals surface area contributed by atoms with Crippen molar-refractivity contribution in [3.05, 3.63) is 0 Å². The third-order valence-corrected chi connectivity index (χ3v) is 3.09. The summed E-state index contributed by atoms with van der Waals surface area (Å²) in [5.74, 6) is 1.54. The second-order valence-electron chi connectivity index (χ2n) is 4.25. The van der Waals surface area contributed by atoms with Gasteiger partial charge >= 0.3 is 0 Å². The highest BCUT2D eigenvalue weighted by atomic mass is 16.7. The van der Waals surface area contributed by atoms with E-state index in [0.29, 0.717) is 12.0 Å². The van der Waals surface area contributed by atoms with Crippen LogP contribution in [0.1, 0.15) is 33.1 Å². The zero-order chi connectivity index (χ0) is 8.55. The first-order chi connectivity index (χ1) is 5.75. The zero-order valence-electron chi connectivity index (χ0n) is 7.95. The first kappa shape index (κ1) is 8.52. The van der Waals surface area contributed by atoms with E-state index in [1.165, 1.54) is 19.3 Å². The molecular weight excluding hydrogens is 152 g/mol. The molecule has 0 aromatic carbocycles. The molecule has 1 saturated carbocycles. The van der Waals surface area contributed by atoms with Gasteiger partial charge in [-0.05, 0) is 32.1 Å². The minimum absolute atomic E-state index is 0.0275. The van der Waals surface area contributed by atoms with Crippen LogP contribution in [0, 0.1) is 11.8 Å². The van der Waals surface area contributed by atoms with Crippen LogP contribution in [0.2, 0.25) is 0 Å². The SMILES string of the molecule is CC1CCC2OC(C)OCC2C1. The lowest BCUT2D eigenvalue weighted by molar-refractivity contribution is -0.238. The molecule has 1 aliphatic heterocycles. The summed E-state index contributed by atoms with van der Waals surface area (Å²) in [6, 6.07) is 0. The molecule has 0 radical (unpaired) electrons. The topological polar surface area (TPSA) is 18.5 Å². The van der Waals surface area contributed by atoms with E-state index in [9.17, 15) is 0 Å². The second-order valence-corrected chi connectivity index (χ2v) is 4.25. The summed E-state index contributed by atoms with van der Waals surface area (Å²) in [6.07, 6.45) is 4.37. The van der Waals surface area contributed by atoms with Crippen molar-refractivity contribution in [3.8, 4) is 0 Å². The van der Waals surface area contributed by atoms with Gasteiger partial charge in [-0.1, -0.05) is 6.92 Å². The Labute approximate surface area is 74.2 Å². The van der Waals surface area contributed by atoms with E-state index in [1.807, 2.05) is 6.92 Å².